The number of aliphatic carboxylic acids is 2. The Kier molecular flexibility index (Phi) is 4.50. The molecule has 1 aliphatic heterocycles. The van der Waals surface area contributed by atoms with Gasteiger partial charge >= 0.3 is 11.9 Å². The molecule has 2 N–H and O–H groups in total. The molecule has 2 aliphatic carbocycles. The van der Waals surface area contributed by atoms with Crippen LogP contribution in [-0.4, -0.2) is 45.5 Å². The maximum Gasteiger partial charge on any atom is 0.326 e. The Balaban J connectivity index is 1.73. The molecule has 1 heterocycles. The standard InChI is InChI=1S/C21H23NO5/c23-19(22-10-4-3-7-17(22)21(26)27)18-15(20(24)25)9-8-14-13-6-2-1-5-12(13)11-16(14)18/h1-2,5-6,15,17-18H,3-4,7-11H2,(H,24,25)(H,26,27). The molecule has 6 heteroatoms. The Hall–Kier alpha value is -2.63. The van der Waals surface area contributed by atoms with Crippen LogP contribution in [-0.2, 0) is 20.8 Å². The van der Waals surface area contributed by atoms with Crippen molar-refractivity contribution in [3.63, 3.8) is 0 Å². The van der Waals surface area contributed by atoms with Crippen molar-refractivity contribution in [2.75, 3.05) is 6.54 Å². The third-order valence-electron chi connectivity index (χ3n) is 6.25. The average Bonchev–Trinajstić information content (AvgIpc) is 3.05. The van der Waals surface area contributed by atoms with Gasteiger partial charge in [0.1, 0.15) is 6.04 Å². The van der Waals surface area contributed by atoms with E-state index in [0.717, 1.165) is 35.1 Å². The second-order valence-electron chi connectivity index (χ2n) is 7.68. The number of carbonyl (C=O) groups is 3. The van der Waals surface area contributed by atoms with Crippen LogP contribution in [0.25, 0.3) is 5.57 Å². The lowest BCUT2D eigenvalue weighted by Gasteiger charge is -2.39. The minimum Gasteiger partial charge on any atom is -0.481 e. The van der Waals surface area contributed by atoms with Gasteiger partial charge < -0.3 is 15.1 Å². The van der Waals surface area contributed by atoms with E-state index in [1.54, 1.807) is 0 Å². The zero-order valence-electron chi connectivity index (χ0n) is 15.1. The molecule has 0 saturated carbocycles. The summed E-state index contributed by atoms with van der Waals surface area (Å²) in [5.74, 6) is -3.86. The molecule has 0 bridgehead atoms. The van der Waals surface area contributed by atoms with Crippen molar-refractivity contribution in [2.24, 2.45) is 11.8 Å². The van der Waals surface area contributed by atoms with Crippen molar-refractivity contribution >= 4 is 23.4 Å². The van der Waals surface area contributed by atoms with E-state index >= 15 is 0 Å². The van der Waals surface area contributed by atoms with Crippen LogP contribution >= 0.6 is 0 Å². The summed E-state index contributed by atoms with van der Waals surface area (Å²) >= 11 is 0. The third-order valence-corrected chi connectivity index (χ3v) is 6.25. The van der Waals surface area contributed by atoms with Crippen LogP contribution < -0.4 is 0 Å². The molecule has 142 valence electrons. The number of benzene rings is 1. The van der Waals surface area contributed by atoms with E-state index in [4.69, 9.17) is 0 Å². The fourth-order valence-electron chi connectivity index (χ4n) is 4.97. The van der Waals surface area contributed by atoms with Crippen LogP contribution in [0.2, 0.25) is 0 Å². The average molecular weight is 369 g/mol. The number of nitrogens with zero attached hydrogens (tertiary/aromatic N) is 1. The van der Waals surface area contributed by atoms with Gasteiger partial charge in [-0.2, -0.15) is 0 Å². The Morgan fingerprint density at radius 2 is 1.78 bits per heavy atom. The van der Waals surface area contributed by atoms with E-state index in [0.29, 0.717) is 32.2 Å². The van der Waals surface area contributed by atoms with E-state index in [9.17, 15) is 24.6 Å². The third kappa shape index (κ3) is 2.93. The van der Waals surface area contributed by atoms with Crippen molar-refractivity contribution in [2.45, 2.75) is 44.6 Å². The minimum absolute atomic E-state index is 0.325. The summed E-state index contributed by atoms with van der Waals surface area (Å²) in [5.41, 5.74) is 4.21. The predicted molar refractivity (Wildman–Crippen MR) is 97.9 cm³/mol. The number of allylic oxidation sites excluding steroid dienone is 1. The molecule has 0 spiro atoms. The summed E-state index contributed by atoms with van der Waals surface area (Å²) in [4.78, 5) is 38.4. The van der Waals surface area contributed by atoms with Gasteiger partial charge in [0.05, 0.1) is 11.8 Å². The number of likely N-dealkylation sites (tertiary alicyclic amines) is 1. The van der Waals surface area contributed by atoms with E-state index in [1.165, 1.54) is 4.90 Å². The summed E-state index contributed by atoms with van der Waals surface area (Å²) < 4.78 is 0. The van der Waals surface area contributed by atoms with Crippen molar-refractivity contribution in [1.82, 2.24) is 4.90 Å². The molecule has 1 aromatic carbocycles. The van der Waals surface area contributed by atoms with E-state index in [1.807, 2.05) is 24.3 Å². The minimum atomic E-state index is -1.00. The first-order chi connectivity index (χ1) is 13.0. The van der Waals surface area contributed by atoms with Gasteiger partial charge in [-0.05, 0) is 60.8 Å². The first-order valence-corrected chi connectivity index (χ1v) is 9.55. The first-order valence-electron chi connectivity index (χ1n) is 9.55. The Bertz CT molecular complexity index is 843. The molecule has 0 aromatic heterocycles. The monoisotopic (exact) mass is 369 g/mol. The summed E-state index contributed by atoms with van der Waals surface area (Å²) in [6.07, 6.45) is 3.59. The van der Waals surface area contributed by atoms with Crippen molar-refractivity contribution in [3.05, 3.63) is 41.0 Å². The van der Waals surface area contributed by atoms with Gasteiger partial charge in [0.25, 0.3) is 0 Å². The SMILES string of the molecule is O=C(O)C1CCC2=C(Cc3ccccc32)C1C(=O)N1CCCCC1C(=O)O. The summed E-state index contributed by atoms with van der Waals surface area (Å²) in [5, 5.41) is 19.3. The lowest BCUT2D eigenvalue weighted by molar-refractivity contribution is -0.157. The number of piperidine rings is 1. The van der Waals surface area contributed by atoms with Gasteiger partial charge in [0.15, 0.2) is 0 Å². The van der Waals surface area contributed by atoms with Gasteiger partial charge in [-0.1, -0.05) is 24.3 Å². The van der Waals surface area contributed by atoms with Gasteiger partial charge in [-0.15, -0.1) is 0 Å². The number of rotatable bonds is 3. The molecular weight excluding hydrogens is 346 g/mol. The highest BCUT2D eigenvalue weighted by Crippen LogP contribution is 2.47. The number of carboxylic acid groups (broad SMARTS) is 2. The quantitative estimate of drug-likeness (QED) is 0.854. The Morgan fingerprint density at radius 1 is 1.00 bits per heavy atom. The molecule has 3 unspecified atom stereocenters. The second kappa shape index (κ2) is 6.83. The lowest BCUT2D eigenvalue weighted by Crippen LogP contribution is -2.52. The van der Waals surface area contributed by atoms with E-state index in [2.05, 4.69) is 0 Å². The van der Waals surface area contributed by atoms with Crippen molar-refractivity contribution in [1.29, 1.82) is 0 Å². The molecule has 27 heavy (non-hydrogen) atoms. The molecule has 3 atom stereocenters. The zero-order chi connectivity index (χ0) is 19.1. The molecule has 0 radical (unpaired) electrons. The molecule has 1 aromatic rings. The van der Waals surface area contributed by atoms with Crippen LogP contribution in [0.15, 0.2) is 29.8 Å². The largest absolute Gasteiger partial charge is 0.481 e. The smallest absolute Gasteiger partial charge is 0.326 e. The molecule has 1 saturated heterocycles. The fourth-order valence-corrected chi connectivity index (χ4v) is 4.97. The number of fused-ring (bicyclic) bond motifs is 2. The summed E-state index contributed by atoms with van der Waals surface area (Å²) in [6, 6.07) is 7.11. The highest BCUT2D eigenvalue weighted by atomic mass is 16.4. The number of amides is 1. The van der Waals surface area contributed by atoms with Crippen LogP contribution in [0.1, 0.15) is 43.2 Å². The molecular formula is C21H23NO5. The number of carboxylic acids is 2. The predicted octanol–water partition coefficient (Wildman–Crippen LogP) is 2.57. The maximum absolute atomic E-state index is 13.4. The Labute approximate surface area is 157 Å². The molecule has 1 fully saturated rings. The highest BCUT2D eigenvalue weighted by Gasteiger charge is 2.46. The highest BCUT2D eigenvalue weighted by molar-refractivity contribution is 5.94. The summed E-state index contributed by atoms with van der Waals surface area (Å²) in [7, 11) is 0. The molecule has 4 rings (SSSR count). The molecule has 1 amide bonds. The number of hydrogen-bond acceptors (Lipinski definition) is 3. The second-order valence-corrected chi connectivity index (χ2v) is 7.68. The lowest BCUT2D eigenvalue weighted by atomic mass is 9.74. The van der Waals surface area contributed by atoms with Gasteiger partial charge in [-0.3, -0.25) is 9.59 Å². The van der Waals surface area contributed by atoms with Gasteiger partial charge in [0, 0.05) is 6.54 Å². The number of carbonyl (C=O) groups excluding carboxylic acids is 1. The van der Waals surface area contributed by atoms with E-state index < -0.39 is 29.8 Å². The van der Waals surface area contributed by atoms with Crippen LogP contribution in [0.5, 0.6) is 0 Å². The van der Waals surface area contributed by atoms with Crippen LogP contribution in [0, 0.1) is 11.8 Å². The van der Waals surface area contributed by atoms with Crippen LogP contribution in [0.3, 0.4) is 0 Å². The van der Waals surface area contributed by atoms with Gasteiger partial charge in [0.2, 0.25) is 5.91 Å². The topological polar surface area (TPSA) is 94.9 Å². The van der Waals surface area contributed by atoms with E-state index in [-0.39, 0.29) is 5.91 Å². The normalized spacial score (nSPS) is 27.1. The van der Waals surface area contributed by atoms with Gasteiger partial charge in [-0.25, -0.2) is 4.79 Å². The number of hydrogen-bond donors (Lipinski definition) is 2. The Morgan fingerprint density at radius 3 is 2.52 bits per heavy atom. The van der Waals surface area contributed by atoms with Crippen molar-refractivity contribution < 1.29 is 24.6 Å². The molecule has 3 aliphatic rings. The van der Waals surface area contributed by atoms with Crippen molar-refractivity contribution in [3.8, 4) is 0 Å². The maximum atomic E-state index is 13.4. The first kappa shape index (κ1) is 17.8. The van der Waals surface area contributed by atoms with Crippen LogP contribution in [0.4, 0.5) is 0 Å². The fraction of sp³-hybridized carbons (Fsp3) is 0.476. The molecule has 6 nitrogen and oxygen atoms in total. The zero-order valence-corrected chi connectivity index (χ0v) is 15.1. The summed E-state index contributed by atoms with van der Waals surface area (Å²) in [6.45, 7) is 0.383.